The molecule has 58 valence electrons. The van der Waals surface area contributed by atoms with E-state index in [0.717, 1.165) is 18.2 Å². The zero-order valence-corrected chi connectivity index (χ0v) is 7.86. The fourth-order valence-corrected chi connectivity index (χ4v) is 1.00. The molecular formula is C8H13BrO. The van der Waals surface area contributed by atoms with Crippen molar-refractivity contribution >= 4 is 21.7 Å². The summed E-state index contributed by atoms with van der Waals surface area (Å²) in [7, 11) is 0. The summed E-state index contributed by atoms with van der Waals surface area (Å²) in [5.41, 5.74) is 0. The van der Waals surface area contributed by atoms with E-state index in [0.29, 0.717) is 0 Å². The van der Waals surface area contributed by atoms with E-state index >= 15 is 0 Å². The van der Waals surface area contributed by atoms with Crippen LogP contribution in [0.3, 0.4) is 0 Å². The zero-order chi connectivity index (χ0) is 7.82. The summed E-state index contributed by atoms with van der Waals surface area (Å²) in [6.45, 7) is 1.57. The summed E-state index contributed by atoms with van der Waals surface area (Å²) in [5, 5.41) is 1.06. The van der Waals surface area contributed by atoms with E-state index in [1.807, 2.05) is 6.08 Å². The van der Waals surface area contributed by atoms with Crippen LogP contribution in [0.15, 0.2) is 12.2 Å². The molecule has 0 radical (unpaired) electrons. The largest absolute Gasteiger partial charge is 0.295 e. The van der Waals surface area contributed by atoms with Gasteiger partial charge in [0, 0.05) is 5.33 Å². The Morgan fingerprint density at radius 2 is 2.20 bits per heavy atom. The lowest BCUT2D eigenvalue weighted by molar-refractivity contribution is -0.112. The number of hydrogen-bond acceptors (Lipinski definition) is 1. The maximum absolute atomic E-state index is 10.4. The first-order chi connectivity index (χ1) is 4.77. The van der Waals surface area contributed by atoms with Gasteiger partial charge in [0.05, 0.1) is 0 Å². The van der Waals surface area contributed by atoms with Gasteiger partial charge in [-0.25, -0.2) is 0 Å². The van der Waals surface area contributed by atoms with Crippen LogP contribution in [0.4, 0.5) is 0 Å². The standard InChI is InChI=1S/C8H13BrO/c1-8(10)6-4-2-3-5-7-9/h4,6H,2-3,5,7H2,1H3. The van der Waals surface area contributed by atoms with Gasteiger partial charge in [-0.3, -0.25) is 4.79 Å². The lowest BCUT2D eigenvalue weighted by Gasteiger charge is -1.88. The molecule has 0 bridgehead atoms. The van der Waals surface area contributed by atoms with Gasteiger partial charge in [-0.15, -0.1) is 0 Å². The monoisotopic (exact) mass is 204 g/mol. The number of hydrogen-bond donors (Lipinski definition) is 0. The molecule has 0 spiro atoms. The fourth-order valence-electron chi connectivity index (χ4n) is 0.606. The smallest absolute Gasteiger partial charge is 0.152 e. The quantitative estimate of drug-likeness (QED) is 0.383. The lowest BCUT2D eigenvalue weighted by Crippen LogP contribution is -1.80. The molecule has 0 atom stereocenters. The minimum Gasteiger partial charge on any atom is -0.295 e. The van der Waals surface area contributed by atoms with Crippen molar-refractivity contribution in [3.8, 4) is 0 Å². The van der Waals surface area contributed by atoms with Crippen LogP contribution < -0.4 is 0 Å². The summed E-state index contributed by atoms with van der Waals surface area (Å²) < 4.78 is 0. The second kappa shape index (κ2) is 7.00. The van der Waals surface area contributed by atoms with Crippen LogP contribution in [0, 0.1) is 0 Å². The highest BCUT2D eigenvalue weighted by atomic mass is 79.9. The third-order valence-corrected chi connectivity index (χ3v) is 1.67. The predicted molar refractivity (Wildman–Crippen MR) is 47.5 cm³/mol. The third-order valence-electron chi connectivity index (χ3n) is 1.11. The van der Waals surface area contributed by atoms with Crippen molar-refractivity contribution in [1.82, 2.24) is 0 Å². The second-order valence-electron chi connectivity index (χ2n) is 2.20. The van der Waals surface area contributed by atoms with Crippen LogP contribution >= 0.6 is 15.9 Å². The SMILES string of the molecule is CC(=O)C=CCCCCBr. The Kier molecular flexibility index (Phi) is 6.93. The van der Waals surface area contributed by atoms with Gasteiger partial charge in [-0.1, -0.05) is 22.0 Å². The number of halogens is 1. The van der Waals surface area contributed by atoms with E-state index in [1.165, 1.54) is 6.42 Å². The maximum Gasteiger partial charge on any atom is 0.152 e. The molecule has 0 fully saturated rings. The third kappa shape index (κ3) is 7.89. The molecule has 0 aromatic heterocycles. The maximum atomic E-state index is 10.4. The number of allylic oxidation sites excluding steroid dienone is 2. The second-order valence-corrected chi connectivity index (χ2v) is 2.99. The minimum atomic E-state index is 0.138. The van der Waals surface area contributed by atoms with Crippen LogP contribution in [0.2, 0.25) is 0 Å². The van der Waals surface area contributed by atoms with Crippen molar-refractivity contribution < 1.29 is 4.79 Å². The summed E-state index contributed by atoms with van der Waals surface area (Å²) in [4.78, 5) is 10.4. The number of carbonyl (C=O) groups is 1. The Morgan fingerprint density at radius 3 is 2.70 bits per heavy atom. The Balaban J connectivity index is 3.10. The number of ketones is 1. The molecule has 0 unspecified atom stereocenters. The van der Waals surface area contributed by atoms with Crippen LogP contribution in [0.1, 0.15) is 26.2 Å². The Labute approximate surface area is 70.6 Å². The first kappa shape index (κ1) is 9.89. The Bertz CT molecular complexity index is 118. The normalized spacial score (nSPS) is 10.6. The summed E-state index contributed by atoms with van der Waals surface area (Å²) in [5.74, 6) is 0.138. The topological polar surface area (TPSA) is 17.1 Å². The van der Waals surface area contributed by atoms with Gasteiger partial charge in [0.15, 0.2) is 5.78 Å². The van der Waals surface area contributed by atoms with Crippen molar-refractivity contribution in [2.45, 2.75) is 26.2 Å². The van der Waals surface area contributed by atoms with Gasteiger partial charge < -0.3 is 0 Å². The van der Waals surface area contributed by atoms with Gasteiger partial charge in [0.25, 0.3) is 0 Å². The molecule has 0 aromatic rings. The molecule has 0 aromatic carbocycles. The summed E-state index contributed by atoms with van der Waals surface area (Å²) in [6.07, 6.45) is 6.93. The van der Waals surface area contributed by atoms with Gasteiger partial charge in [0.2, 0.25) is 0 Å². The van der Waals surface area contributed by atoms with E-state index in [2.05, 4.69) is 15.9 Å². The Hall–Kier alpha value is -0.110. The zero-order valence-electron chi connectivity index (χ0n) is 6.27. The first-order valence-electron chi connectivity index (χ1n) is 3.50. The summed E-state index contributed by atoms with van der Waals surface area (Å²) in [6, 6.07) is 0. The molecule has 0 saturated carbocycles. The molecule has 2 heteroatoms. The van der Waals surface area contributed by atoms with Crippen molar-refractivity contribution in [3.63, 3.8) is 0 Å². The average Bonchev–Trinajstić information content (AvgIpc) is 1.87. The minimum absolute atomic E-state index is 0.138. The molecule has 1 nitrogen and oxygen atoms in total. The van der Waals surface area contributed by atoms with Gasteiger partial charge in [-0.2, -0.15) is 0 Å². The lowest BCUT2D eigenvalue weighted by atomic mass is 10.2. The number of alkyl halides is 1. The number of rotatable bonds is 5. The van der Waals surface area contributed by atoms with E-state index < -0.39 is 0 Å². The highest BCUT2D eigenvalue weighted by Gasteiger charge is 1.83. The fraction of sp³-hybridized carbons (Fsp3) is 0.625. The highest BCUT2D eigenvalue weighted by Crippen LogP contribution is 1.98. The first-order valence-corrected chi connectivity index (χ1v) is 4.62. The summed E-state index contributed by atoms with van der Waals surface area (Å²) >= 11 is 3.34. The average molecular weight is 205 g/mol. The van der Waals surface area contributed by atoms with E-state index in [-0.39, 0.29) is 5.78 Å². The van der Waals surface area contributed by atoms with Crippen LogP contribution in [0.25, 0.3) is 0 Å². The molecule has 0 aliphatic heterocycles. The molecule has 10 heavy (non-hydrogen) atoms. The number of unbranched alkanes of at least 4 members (excludes halogenated alkanes) is 2. The van der Waals surface area contributed by atoms with Crippen molar-refractivity contribution in [1.29, 1.82) is 0 Å². The molecule has 0 N–H and O–H groups in total. The van der Waals surface area contributed by atoms with Crippen molar-refractivity contribution in [3.05, 3.63) is 12.2 Å². The van der Waals surface area contributed by atoms with E-state index in [9.17, 15) is 4.79 Å². The molecule has 0 heterocycles. The van der Waals surface area contributed by atoms with Crippen molar-refractivity contribution in [2.24, 2.45) is 0 Å². The molecule has 0 rings (SSSR count). The molecule has 0 saturated heterocycles. The predicted octanol–water partition coefficient (Wildman–Crippen LogP) is 2.70. The van der Waals surface area contributed by atoms with Crippen LogP contribution in [-0.2, 0) is 4.79 Å². The molecule has 0 aliphatic carbocycles. The Morgan fingerprint density at radius 1 is 1.50 bits per heavy atom. The molecule has 0 aliphatic rings. The van der Waals surface area contributed by atoms with E-state index in [1.54, 1.807) is 13.0 Å². The molecular weight excluding hydrogens is 192 g/mol. The van der Waals surface area contributed by atoms with Gasteiger partial charge in [0.1, 0.15) is 0 Å². The van der Waals surface area contributed by atoms with Gasteiger partial charge in [-0.05, 0) is 32.3 Å². The van der Waals surface area contributed by atoms with E-state index in [4.69, 9.17) is 0 Å². The van der Waals surface area contributed by atoms with Crippen LogP contribution in [0.5, 0.6) is 0 Å². The van der Waals surface area contributed by atoms with Gasteiger partial charge >= 0.3 is 0 Å². The molecule has 0 amide bonds. The van der Waals surface area contributed by atoms with Crippen molar-refractivity contribution in [2.75, 3.05) is 5.33 Å². The number of carbonyl (C=O) groups excluding carboxylic acids is 1. The van der Waals surface area contributed by atoms with Crippen LogP contribution in [-0.4, -0.2) is 11.1 Å². The highest BCUT2D eigenvalue weighted by molar-refractivity contribution is 9.09.